The highest BCUT2D eigenvalue weighted by Gasteiger charge is 2.31. The molecule has 2 unspecified atom stereocenters. The third kappa shape index (κ3) is 2.42. The molecule has 1 saturated heterocycles. The van der Waals surface area contributed by atoms with Gasteiger partial charge in [-0.2, -0.15) is 0 Å². The molecule has 0 aromatic carbocycles. The summed E-state index contributed by atoms with van der Waals surface area (Å²) in [6.45, 7) is 2.89. The van der Waals surface area contributed by atoms with Crippen LogP contribution in [0, 0.1) is 12.8 Å². The number of carbonyl (C=O) groups is 1. The van der Waals surface area contributed by atoms with Crippen LogP contribution in [0.3, 0.4) is 0 Å². The largest absolute Gasteiger partial charge is 0.379 e. The molecule has 2 N–H and O–H groups in total. The Bertz CT molecular complexity index is 364. The number of aromatic nitrogens is 1. The van der Waals surface area contributed by atoms with Crippen LogP contribution in [0.4, 0.5) is 0 Å². The summed E-state index contributed by atoms with van der Waals surface area (Å²) in [7, 11) is 0. The van der Waals surface area contributed by atoms with Crippen LogP contribution in [0.1, 0.15) is 10.7 Å². The Morgan fingerprint density at radius 2 is 2.53 bits per heavy atom. The van der Waals surface area contributed by atoms with Gasteiger partial charge in [0.2, 0.25) is 0 Å². The van der Waals surface area contributed by atoms with Gasteiger partial charge in [0.15, 0.2) is 0 Å². The number of nitrogens with zero attached hydrogens (tertiary/aromatic N) is 1. The molecule has 0 radical (unpaired) electrons. The number of hydrogen-bond donors (Lipinski definition) is 1. The minimum atomic E-state index is -0.146. The van der Waals surface area contributed by atoms with Gasteiger partial charge in [-0.05, 0) is 6.92 Å². The molecule has 1 aliphatic heterocycles. The fraction of sp³-hybridized carbons (Fsp3) is 0.600. The maximum atomic E-state index is 11.8. The first kappa shape index (κ1) is 10.7. The Morgan fingerprint density at radius 1 is 1.73 bits per heavy atom. The van der Waals surface area contributed by atoms with Gasteiger partial charge < -0.3 is 10.5 Å². The Hall–Kier alpha value is -0.780. The molecule has 2 atom stereocenters. The van der Waals surface area contributed by atoms with E-state index in [1.165, 1.54) is 0 Å². The highest BCUT2D eigenvalue weighted by molar-refractivity contribution is 7.09. The van der Waals surface area contributed by atoms with Crippen LogP contribution < -0.4 is 5.73 Å². The van der Waals surface area contributed by atoms with Crippen LogP contribution in [0.5, 0.6) is 0 Å². The van der Waals surface area contributed by atoms with Gasteiger partial charge in [-0.25, -0.2) is 4.98 Å². The second-order valence-corrected chi connectivity index (χ2v) is 4.87. The fourth-order valence-electron chi connectivity index (χ4n) is 1.70. The summed E-state index contributed by atoms with van der Waals surface area (Å²) in [5, 5.41) is 2.92. The van der Waals surface area contributed by atoms with Gasteiger partial charge >= 0.3 is 0 Å². The second kappa shape index (κ2) is 4.38. The first-order valence-corrected chi connectivity index (χ1v) is 5.82. The SMILES string of the molecule is Cc1nc(CC(=O)C2COCC2N)cs1. The van der Waals surface area contributed by atoms with Crippen LogP contribution in [-0.2, 0) is 16.0 Å². The minimum absolute atomic E-state index is 0.141. The van der Waals surface area contributed by atoms with E-state index in [0.29, 0.717) is 19.6 Å². The molecular formula is C10H14N2O2S. The summed E-state index contributed by atoms with van der Waals surface area (Å²) >= 11 is 1.56. The predicted octanol–water partition coefficient (Wildman–Crippen LogP) is 0.537. The first-order chi connectivity index (χ1) is 7.16. The molecule has 2 heterocycles. The number of aryl methyl sites for hydroxylation is 1. The molecule has 1 fully saturated rings. The lowest BCUT2D eigenvalue weighted by atomic mass is 9.96. The van der Waals surface area contributed by atoms with Gasteiger partial charge in [0.05, 0.1) is 29.8 Å². The molecule has 2 rings (SSSR count). The topological polar surface area (TPSA) is 65.2 Å². The van der Waals surface area contributed by atoms with E-state index >= 15 is 0 Å². The van der Waals surface area contributed by atoms with Crippen molar-refractivity contribution < 1.29 is 9.53 Å². The minimum Gasteiger partial charge on any atom is -0.379 e. The second-order valence-electron chi connectivity index (χ2n) is 3.81. The zero-order valence-electron chi connectivity index (χ0n) is 8.60. The molecule has 0 amide bonds. The zero-order valence-corrected chi connectivity index (χ0v) is 9.42. The molecule has 0 aliphatic carbocycles. The van der Waals surface area contributed by atoms with E-state index in [9.17, 15) is 4.79 Å². The molecule has 0 saturated carbocycles. The van der Waals surface area contributed by atoms with Crippen molar-refractivity contribution in [3.05, 3.63) is 16.1 Å². The predicted molar refractivity (Wildman–Crippen MR) is 57.8 cm³/mol. The van der Waals surface area contributed by atoms with E-state index in [1.54, 1.807) is 11.3 Å². The number of ketones is 1. The monoisotopic (exact) mass is 226 g/mol. The summed E-state index contributed by atoms with van der Waals surface area (Å²) in [6, 6.07) is -0.141. The van der Waals surface area contributed by atoms with Crippen LogP contribution in [0.2, 0.25) is 0 Å². The number of thiazole rings is 1. The van der Waals surface area contributed by atoms with Crippen LogP contribution in [0.15, 0.2) is 5.38 Å². The fourth-order valence-corrected chi connectivity index (χ4v) is 2.31. The summed E-state index contributed by atoms with van der Waals surface area (Å²) in [5.74, 6) is -0.00249. The lowest BCUT2D eigenvalue weighted by Crippen LogP contribution is -2.34. The smallest absolute Gasteiger partial charge is 0.145 e. The van der Waals surface area contributed by atoms with Crippen molar-refractivity contribution in [2.75, 3.05) is 13.2 Å². The third-order valence-electron chi connectivity index (χ3n) is 2.56. The molecule has 5 heteroatoms. The van der Waals surface area contributed by atoms with E-state index in [4.69, 9.17) is 10.5 Å². The van der Waals surface area contributed by atoms with Crippen LogP contribution in [0.25, 0.3) is 0 Å². The molecule has 82 valence electrons. The van der Waals surface area contributed by atoms with Crippen molar-refractivity contribution in [3.8, 4) is 0 Å². The Balaban J connectivity index is 1.97. The highest BCUT2D eigenvalue weighted by Crippen LogP contribution is 2.16. The number of carbonyl (C=O) groups excluding carboxylic acids is 1. The molecule has 0 bridgehead atoms. The number of hydrogen-bond acceptors (Lipinski definition) is 5. The lowest BCUT2D eigenvalue weighted by Gasteiger charge is -2.10. The quantitative estimate of drug-likeness (QED) is 0.817. The Morgan fingerprint density at radius 3 is 3.07 bits per heavy atom. The van der Waals surface area contributed by atoms with Crippen molar-refractivity contribution in [2.24, 2.45) is 11.7 Å². The van der Waals surface area contributed by atoms with Crippen molar-refractivity contribution in [3.63, 3.8) is 0 Å². The number of nitrogens with two attached hydrogens (primary N) is 1. The van der Waals surface area contributed by atoms with Crippen LogP contribution >= 0.6 is 11.3 Å². The third-order valence-corrected chi connectivity index (χ3v) is 3.38. The molecule has 1 aromatic heterocycles. The average molecular weight is 226 g/mol. The highest BCUT2D eigenvalue weighted by atomic mass is 32.1. The molecule has 1 aliphatic rings. The summed E-state index contributed by atoms with van der Waals surface area (Å²) in [5.41, 5.74) is 6.62. The Kier molecular flexibility index (Phi) is 3.14. The summed E-state index contributed by atoms with van der Waals surface area (Å²) in [4.78, 5) is 16.1. The molecule has 4 nitrogen and oxygen atoms in total. The van der Waals surface area contributed by atoms with E-state index in [-0.39, 0.29) is 17.7 Å². The van der Waals surface area contributed by atoms with Crippen molar-refractivity contribution >= 4 is 17.1 Å². The number of ether oxygens (including phenoxy) is 1. The first-order valence-electron chi connectivity index (χ1n) is 4.94. The van der Waals surface area contributed by atoms with Gasteiger partial charge in [0, 0.05) is 17.8 Å². The maximum absolute atomic E-state index is 11.8. The van der Waals surface area contributed by atoms with Crippen molar-refractivity contribution in [2.45, 2.75) is 19.4 Å². The van der Waals surface area contributed by atoms with Gasteiger partial charge in [0.25, 0.3) is 0 Å². The molecular weight excluding hydrogens is 212 g/mol. The standard InChI is InChI=1S/C10H14N2O2S/c1-6-12-7(5-15-6)2-10(13)8-3-14-4-9(8)11/h5,8-9H,2-4,11H2,1H3. The Labute approximate surface area is 92.5 Å². The maximum Gasteiger partial charge on any atom is 0.145 e. The van der Waals surface area contributed by atoms with Crippen molar-refractivity contribution in [1.82, 2.24) is 4.98 Å². The van der Waals surface area contributed by atoms with E-state index < -0.39 is 0 Å². The molecule has 1 aromatic rings. The summed E-state index contributed by atoms with van der Waals surface area (Å²) < 4.78 is 5.17. The van der Waals surface area contributed by atoms with Crippen LogP contribution in [-0.4, -0.2) is 30.0 Å². The molecule has 0 spiro atoms. The van der Waals surface area contributed by atoms with E-state index in [2.05, 4.69) is 4.98 Å². The lowest BCUT2D eigenvalue weighted by molar-refractivity contribution is -0.122. The zero-order chi connectivity index (χ0) is 10.8. The van der Waals surface area contributed by atoms with Gasteiger partial charge in [-0.1, -0.05) is 0 Å². The normalized spacial score (nSPS) is 25.7. The van der Waals surface area contributed by atoms with E-state index in [1.807, 2.05) is 12.3 Å². The van der Waals surface area contributed by atoms with Gasteiger partial charge in [0.1, 0.15) is 5.78 Å². The number of rotatable bonds is 3. The van der Waals surface area contributed by atoms with E-state index in [0.717, 1.165) is 10.7 Å². The average Bonchev–Trinajstić information content (AvgIpc) is 2.75. The molecule has 15 heavy (non-hydrogen) atoms. The number of Topliss-reactive ketones (excluding diaryl/α,β-unsaturated/α-hetero) is 1. The van der Waals surface area contributed by atoms with Crippen molar-refractivity contribution in [1.29, 1.82) is 0 Å². The summed E-state index contributed by atoms with van der Waals surface area (Å²) in [6.07, 6.45) is 0.381. The van der Waals surface area contributed by atoms with Gasteiger partial charge in [-0.15, -0.1) is 11.3 Å². The van der Waals surface area contributed by atoms with Gasteiger partial charge in [-0.3, -0.25) is 4.79 Å².